The number of aromatic nitrogens is 2. The smallest absolute Gasteiger partial charge is 0.407 e. The van der Waals surface area contributed by atoms with Crippen molar-refractivity contribution in [1.82, 2.24) is 20.2 Å². The van der Waals surface area contributed by atoms with Gasteiger partial charge in [-0.25, -0.2) is 9.78 Å². The molecule has 2 amide bonds. The van der Waals surface area contributed by atoms with Gasteiger partial charge in [0.15, 0.2) is 5.58 Å². The normalized spacial score (nSPS) is 24.0. The Labute approximate surface area is 168 Å². The molecule has 1 spiro atoms. The van der Waals surface area contributed by atoms with Crippen LogP contribution in [0.3, 0.4) is 0 Å². The van der Waals surface area contributed by atoms with E-state index in [1.54, 1.807) is 6.20 Å². The summed E-state index contributed by atoms with van der Waals surface area (Å²) in [5, 5.41) is 2.73. The molecule has 0 radical (unpaired) electrons. The molecule has 0 aromatic carbocycles. The number of ether oxygens (including phenoxy) is 1. The van der Waals surface area contributed by atoms with Gasteiger partial charge < -0.3 is 24.3 Å². The first kappa shape index (κ1) is 18.2. The summed E-state index contributed by atoms with van der Waals surface area (Å²) >= 11 is 0. The highest BCUT2D eigenvalue weighted by molar-refractivity contribution is 5.77. The molecule has 3 fully saturated rings. The Morgan fingerprint density at radius 3 is 2.93 bits per heavy atom. The maximum atomic E-state index is 12.9. The molecule has 5 rings (SSSR count). The van der Waals surface area contributed by atoms with Crippen LogP contribution in [0.15, 0.2) is 22.7 Å². The fourth-order valence-electron chi connectivity index (χ4n) is 4.62. The number of hydrogen-bond donors (Lipinski definition) is 1. The van der Waals surface area contributed by atoms with Crippen LogP contribution >= 0.6 is 0 Å². The van der Waals surface area contributed by atoms with Crippen molar-refractivity contribution in [1.29, 1.82) is 0 Å². The number of piperidine rings is 2. The van der Waals surface area contributed by atoms with Gasteiger partial charge in [0, 0.05) is 51.6 Å². The second-order valence-corrected chi connectivity index (χ2v) is 8.29. The predicted octanol–water partition coefficient (Wildman–Crippen LogP) is 1.93. The molecule has 0 saturated carbocycles. The highest BCUT2D eigenvalue weighted by atomic mass is 16.6. The van der Waals surface area contributed by atoms with Crippen molar-refractivity contribution in [2.45, 2.75) is 37.7 Å². The minimum atomic E-state index is -0.420. The third-order valence-corrected chi connectivity index (χ3v) is 6.30. The van der Waals surface area contributed by atoms with Crippen molar-refractivity contribution >= 4 is 29.2 Å². The first-order chi connectivity index (χ1) is 14.1. The average molecular weight is 399 g/mol. The van der Waals surface area contributed by atoms with Gasteiger partial charge in [-0.05, 0) is 30.9 Å². The molecule has 3 aliphatic heterocycles. The van der Waals surface area contributed by atoms with E-state index in [1.807, 2.05) is 17.0 Å². The van der Waals surface area contributed by atoms with Gasteiger partial charge >= 0.3 is 6.09 Å². The van der Waals surface area contributed by atoms with E-state index < -0.39 is 5.60 Å². The lowest BCUT2D eigenvalue weighted by Crippen LogP contribution is -2.49. The van der Waals surface area contributed by atoms with Crippen molar-refractivity contribution in [3.8, 4) is 0 Å². The maximum absolute atomic E-state index is 12.9. The van der Waals surface area contributed by atoms with E-state index in [0.717, 1.165) is 25.9 Å². The van der Waals surface area contributed by atoms with Gasteiger partial charge in [-0.15, -0.1) is 0 Å². The number of likely N-dealkylation sites (tertiary alicyclic amines) is 1. The van der Waals surface area contributed by atoms with Crippen molar-refractivity contribution in [2.75, 3.05) is 37.6 Å². The van der Waals surface area contributed by atoms with Crippen LogP contribution in [0, 0.1) is 5.92 Å². The summed E-state index contributed by atoms with van der Waals surface area (Å²) in [5.74, 6) is 0.462. The van der Waals surface area contributed by atoms with Crippen LogP contribution in [0.25, 0.3) is 11.2 Å². The fourth-order valence-corrected chi connectivity index (χ4v) is 4.62. The number of alkyl carbamates (subject to hydrolysis) is 1. The topological polar surface area (TPSA) is 101 Å². The third-order valence-electron chi connectivity index (χ3n) is 6.30. The number of amides is 2. The molecule has 5 heterocycles. The lowest BCUT2D eigenvalue weighted by atomic mass is 9.90. The first-order valence-electron chi connectivity index (χ1n) is 10.3. The zero-order chi connectivity index (χ0) is 19.8. The Hall–Kier alpha value is -2.84. The van der Waals surface area contributed by atoms with Crippen molar-refractivity contribution < 1.29 is 18.7 Å². The summed E-state index contributed by atoms with van der Waals surface area (Å²) < 4.78 is 11.3. The number of carbonyl (C=O) groups is 2. The fraction of sp³-hybridized carbons (Fsp3) is 0.600. The van der Waals surface area contributed by atoms with Gasteiger partial charge in [-0.2, -0.15) is 4.98 Å². The Bertz CT molecular complexity index is 887. The van der Waals surface area contributed by atoms with Crippen LogP contribution in [-0.4, -0.2) is 65.2 Å². The number of anilines is 1. The standard InChI is InChI=1S/C20H25N5O4/c26-16(24-9-5-20(6-10-24)13-22-19(27)29-20)11-14-3-2-8-25(12-14)18-23-17-15(28-18)4-1-7-21-17/h1,4,7,14H,2-3,5-6,8-13H2,(H,22,27). The number of carbonyl (C=O) groups excluding carboxylic acids is 2. The number of oxazole rings is 1. The number of fused-ring (bicyclic) bond motifs is 1. The van der Waals surface area contributed by atoms with Gasteiger partial charge in [0.2, 0.25) is 11.6 Å². The molecule has 0 aliphatic carbocycles. The van der Waals surface area contributed by atoms with E-state index in [-0.39, 0.29) is 17.9 Å². The van der Waals surface area contributed by atoms with E-state index in [9.17, 15) is 9.59 Å². The molecular formula is C20H25N5O4. The molecule has 2 aromatic rings. The summed E-state index contributed by atoms with van der Waals surface area (Å²) in [6.07, 6.45) is 5.32. The molecule has 1 atom stereocenters. The highest BCUT2D eigenvalue weighted by Crippen LogP contribution is 2.31. The molecule has 1 unspecified atom stereocenters. The average Bonchev–Trinajstić information content (AvgIpc) is 3.32. The predicted molar refractivity (Wildman–Crippen MR) is 104 cm³/mol. The minimum absolute atomic E-state index is 0.184. The number of rotatable bonds is 3. The molecule has 2 aromatic heterocycles. The zero-order valence-electron chi connectivity index (χ0n) is 16.3. The summed E-state index contributed by atoms with van der Waals surface area (Å²) in [7, 11) is 0. The van der Waals surface area contributed by atoms with E-state index in [2.05, 4.69) is 20.2 Å². The van der Waals surface area contributed by atoms with Crippen LogP contribution in [0.5, 0.6) is 0 Å². The summed E-state index contributed by atoms with van der Waals surface area (Å²) in [5.41, 5.74) is 0.881. The molecular weight excluding hydrogens is 374 g/mol. The van der Waals surface area contributed by atoms with Crippen LogP contribution in [0.2, 0.25) is 0 Å². The maximum Gasteiger partial charge on any atom is 0.407 e. The van der Waals surface area contributed by atoms with Crippen LogP contribution in [0.1, 0.15) is 32.1 Å². The second-order valence-electron chi connectivity index (χ2n) is 8.29. The Morgan fingerprint density at radius 2 is 2.17 bits per heavy atom. The van der Waals surface area contributed by atoms with E-state index >= 15 is 0 Å². The summed E-state index contributed by atoms with van der Waals surface area (Å²) in [4.78, 5) is 37.0. The SMILES string of the molecule is O=C1NCC2(CCN(C(=O)CC3CCCN(c4nc5ncccc5o4)C3)CC2)O1. The van der Waals surface area contributed by atoms with Gasteiger partial charge in [-0.1, -0.05) is 0 Å². The monoisotopic (exact) mass is 399 g/mol. The number of nitrogens with one attached hydrogen (secondary N) is 1. The quantitative estimate of drug-likeness (QED) is 0.842. The Balaban J connectivity index is 1.17. The van der Waals surface area contributed by atoms with E-state index in [1.165, 1.54) is 0 Å². The molecule has 29 heavy (non-hydrogen) atoms. The van der Waals surface area contributed by atoms with Crippen molar-refractivity contribution in [3.05, 3.63) is 18.3 Å². The molecule has 3 saturated heterocycles. The molecule has 1 N–H and O–H groups in total. The minimum Gasteiger partial charge on any atom is -0.441 e. The number of pyridine rings is 1. The van der Waals surface area contributed by atoms with Crippen LogP contribution in [0.4, 0.5) is 10.8 Å². The van der Waals surface area contributed by atoms with Gasteiger partial charge in [0.1, 0.15) is 5.60 Å². The van der Waals surface area contributed by atoms with Gasteiger partial charge in [0.25, 0.3) is 6.01 Å². The molecule has 154 valence electrons. The van der Waals surface area contributed by atoms with Crippen molar-refractivity contribution in [3.63, 3.8) is 0 Å². The van der Waals surface area contributed by atoms with Crippen LogP contribution in [-0.2, 0) is 9.53 Å². The zero-order valence-corrected chi connectivity index (χ0v) is 16.3. The molecule has 9 nitrogen and oxygen atoms in total. The first-order valence-corrected chi connectivity index (χ1v) is 10.3. The second kappa shape index (κ2) is 7.20. The largest absolute Gasteiger partial charge is 0.441 e. The third kappa shape index (κ3) is 3.61. The molecule has 9 heteroatoms. The van der Waals surface area contributed by atoms with Gasteiger partial charge in [0.05, 0.1) is 6.54 Å². The Morgan fingerprint density at radius 1 is 1.31 bits per heavy atom. The van der Waals surface area contributed by atoms with E-state index in [4.69, 9.17) is 9.15 Å². The lowest BCUT2D eigenvalue weighted by Gasteiger charge is -2.38. The number of hydrogen-bond acceptors (Lipinski definition) is 7. The van der Waals surface area contributed by atoms with Crippen LogP contribution < -0.4 is 10.2 Å². The molecule has 3 aliphatic rings. The lowest BCUT2D eigenvalue weighted by molar-refractivity contribution is -0.135. The Kier molecular flexibility index (Phi) is 4.52. The van der Waals surface area contributed by atoms with Crippen molar-refractivity contribution in [2.24, 2.45) is 5.92 Å². The number of nitrogens with zero attached hydrogens (tertiary/aromatic N) is 4. The molecule has 0 bridgehead atoms. The summed E-state index contributed by atoms with van der Waals surface area (Å²) in [6.45, 7) is 3.47. The van der Waals surface area contributed by atoms with E-state index in [0.29, 0.717) is 56.1 Å². The van der Waals surface area contributed by atoms with Gasteiger partial charge in [-0.3, -0.25) is 4.79 Å². The highest BCUT2D eigenvalue weighted by Gasteiger charge is 2.43. The summed E-state index contributed by atoms with van der Waals surface area (Å²) in [6, 6.07) is 4.29.